The zero-order valence-corrected chi connectivity index (χ0v) is 15.0. The molecule has 3 aliphatic rings. The van der Waals surface area contributed by atoms with Crippen LogP contribution in [0.5, 0.6) is 0 Å². The SMILES string of the molecule is CCC1CC1CC1CC1CC1CC1CCCCCCCC(=O)O. The average Bonchev–Trinajstić information content (AvgIpc) is 3.40. The second kappa shape index (κ2) is 8.03. The first-order valence-electron chi connectivity index (χ1n) is 10.4. The van der Waals surface area contributed by atoms with Crippen molar-refractivity contribution in [2.45, 2.75) is 90.4 Å². The first-order valence-corrected chi connectivity index (χ1v) is 10.4. The van der Waals surface area contributed by atoms with Crippen molar-refractivity contribution >= 4 is 5.97 Å². The molecular formula is C21H36O2. The van der Waals surface area contributed by atoms with E-state index in [2.05, 4.69) is 6.92 Å². The molecule has 0 aliphatic heterocycles. The third-order valence-electron chi connectivity index (χ3n) is 6.91. The van der Waals surface area contributed by atoms with Gasteiger partial charge in [0.05, 0.1) is 0 Å². The van der Waals surface area contributed by atoms with E-state index in [1.165, 1.54) is 44.9 Å². The molecule has 0 spiro atoms. The van der Waals surface area contributed by atoms with Crippen LogP contribution in [0.3, 0.4) is 0 Å². The highest BCUT2D eigenvalue weighted by atomic mass is 16.4. The topological polar surface area (TPSA) is 37.3 Å². The highest BCUT2D eigenvalue weighted by Crippen LogP contribution is 2.58. The zero-order valence-electron chi connectivity index (χ0n) is 15.0. The molecule has 132 valence electrons. The van der Waals surface area contributed by atoms with Crippen LogP contribution in [0.4, 0.5) is 0 Å². The van der Waals surface area contributed by atoms with Gasteiger partial charge in [0.1, 0.15) is 0 Å². The summed E-state index contributed by atoms with van der Waals surface area (Å²) in [6.07, 6.45) is 16.8. The summed E-state index contributed by atoms with van der Waals surface area (Å²) in [6.45, 7) is 2.36. The quantitative estimate of drug-likeness (QED) is 0.429. The van der Waals surface area contributed by atoms with Gasteiger partial charge in [-0.05, 0) is 74.0 Å². The molecule has 0 heterocycles. The average molecular weight is 321 g/mol. The van der Waals surface area contributed by atoms with Crippen molar-refractivity contribution in [2.75, 3.05) is 0 Å². The lowest BCUT2D eigenvalue weighted by Gasteiger charge is -2.02. The summed E-state index contributed by atoms with van der Waals surface area (Å²) >= 11 is 0. The fourth-order valence-corrected chi connectivity index (χ4v) is 4.93. The van der Waals surface area contributed by atoms with Crippen LogP contribution in [0.2, 0.25) is 0 Å². The molecule has 0 aromatic heterocycles. The van der Waals surface area contributed by atoms with Crippen molar-refractivity contribution in [1.82, 2.24) is 0 Å². The Kier molecular flexibility index (Phi) is 6.04. The van der Waals surface area contributed by atoms with Crippen LogP contribution in [0, 0.1) is 35.5 Å². The second-order valence-corrected chi connectivity index (χ2v) is 8.85. The summed E-state index contributed by atoms with van der Waals surface area (Å²) in [5, 5.41) is 8.60. The minimum Gasteiger partial charge on any atom is -0.481 e. The van der Waals surface area contributed by atoms with Gasteiger partial charge < -0.3 is 5.11 Å². The summed E-state index contributed by atoms with van der Waals surface area (Å²) in [5.74, 6) is 5.94. The van der Waals surface area contributed by atoms with Gasteiger partial charge in [-0.2, -0.15) is 0 Å². The standard InChI is InChI=1S/C21H36O2/c1-2-15-10-17(15)12-19-14-20(19)13-18-11-16(18)8-6-4-3-5-7-9-21(22)23/h15-20H,2-14H2,1H3,(H,22,23). The first-order chi connectivity index (χ1) is 11.2. The van der Waals surface area contributed by atoms with E-state index in [0.29, 0.717) is 6.42 Å². The molecule has 6 unspecified atom stereocenters. The van der Waals surface area contributed by atoms with E-state index >= 15 is 0 Å². The third kappa shape index (κ3) is 5.80. The molecule has 0 saturated heterocycles. The summed E-state index contributed by atoms with van der Waals surface area (Å²) < 4.78 is 0. The highest BCUT2D eigenvalue weighted by Gasteiger charge is 2.48. The van der Waals surface area contributed by atoms with Gasteiger partial charge in [-0.25, -0.2) is 0 Å². The molecule has 6 atom stereocenters. The lowest BCUT2D eigenvalue weighted by molar-refractivity contribution is -0.137. The van der Waals surface area contributed by atoms with Gasteiger partial charge in [0, 0.05) is 6.42 Å². The van der Waals surface area contributed by atoms with Gasteiger partial charge in [0.25, 0.3) is 0 Å². The van der Waals surface area contributed by atoms with Crippen LogP contribution < -0.4 is 0 Å². The number of rotatable bonds is 13. The van der Waals surface area contributed by atoms with Crippen molar-refractivity contribution in [3.8, 4) is 0 Å². The van der Waals surface area contributed by atoms with Crippen LogP contribution in [0.15, 0.2) is 0 Å². The summed E-state index contributed by atoms with van der Waals surface area (Å²) in [5.41, 5.74) is 0. The molecular weight excluding hydrogens is 284 g/mol. The van der Waals surface area contributed by atoms with E-state index in [-0.39, 0.29) is 0 Å². The molecule has 23 heavy (non-hydrogen) atoms. The van der Waals surface area contributed by atoms with Crippen molar-refractivity contribution in [3.05, 3.63) is 0 Å². The largest absolute Gasteiger partial charge is 0.481 e. The number of hydrogen-bond donors (Lipinski definition) is 1. The maximum Gasteiger partial charge on any atom is 0.303 e. The Morgan fingerprint density at radius 1 is 0.783 bits per heavy atom. The lowest BCUT2D eigenvalue weighted by atomic mass is 10.0. The summed E-state index contributed by atoms with van der Waals surface area (Å²) in [4.78, 5) is 10.4. The van der Waals surface area contributed by atoms with Gasteiger partial charge in [-0.3, -0.25) is 4.79 Å². The fourth-order valence-electron chi connectivity index (χ4n) is 4.93. The van der Waals surface area contributed by atoms with Crippen molar-refractivity contribution < 1.29 is 9.90 Å². The fraction of sp³-hybridized carbons (Fsp3) is 0.952. The minimum atomic E-state index is -0.642. The molecule has 0 amide bonds. The normalized spacial score (nSPS) is 37.6. The van der Waals surface area contributed by atoms with Crippen molar-refractivity contribution in [2.24, 2.45) is 35.5 Å². The zero-order chi connectivity index (χ0) is 16.2. The number of hydrogen-bond acceptors (Lipinski definition) is 1. The van der Waals surface area contributed by atoms with Crippen LogP contribution in [0.1, 0.15) is 90.4 Å². The molecule has 0 bridgehead atoms. The lowest BCUT2D eigenvalue weighted by Crippen LogP contribution is -1.93. The molecule has 0 aromatic rings. The Bertz CT molecular complexity index is 391. The maximum absolute atomic E-state index is 10.4. The number of unbranched alkanes of at least 4 members (excludes halogenated alkanes) is 4. The molecule has 2 nitrogen and oxygen atoms in total. The van der Waals surface area contributed by atoms with Gasteiger partial charge in [-0.15, -0.1) is 0 Å². The van der Waals surface area contributed by atoms with E-state index in [9.17, 15) is 4.79 Å². The molecule has 3 aliphatic carbocycles. The Morgan fingerprint density at radius 3 is 1.96 bits per heavy atom. The van der Waals surface area contributed by atoms with Crippen molar-refractivity contribution in [1.29, 1.82) is 0 Å². The number of carboxylic acid groups (broad SMARTS) is 1. The monoisotopic (exact) mass is 320 g/mol. The second-order valence-electron chi connectivity index (χ2n) is 8.85. The molecule has 3 rings (SSSR count). The van der Waals surface area contributed by atoms with Gasteiger partial charge in [-0.1, -0.05) is 45.4 Å². The molecule has 3 fully saturated rings. The smallest absolute Gasteiger partial charge is 0.303 e. The van der Waals surface area contributed by atoms with E-state index in [1.807, 2.05) is 0 Å². The first kappa shape index (κ1) is 17.3. The Labute approximate surface area is 142 Å². The number of carbonyl (C=O) groups is 1. The molecule has 0 radical (unpaired) electrons. The number of carboxylic acids is 1. The van der Waals surface area contributed by atoms with Crippen LogP contribution in [0.25, 0.3) is 0 Å². The molecule has 1 N–H and O–H groups in total. The molecule has 2 heteroatoms. The third-order valence-corrected chi connectivity index (χ3v) is 6.91. The predicted molar refractivity (Wildman–Crippen MR) is 94.3 cm³/mol. The summed E-state index contributed by atoms with van der Waals surface area (Å²) in [6, 6.07) is 0. The Morgan fingerprint density at radius 2 is 1.30 bits per heavy atom. The Balaban J connectivity index is 1.13. The van der Waals surface area contributed by atoms with Gasteiger partial charge in [0.15, 0.2) is 0 Å². The van der Waals surface area contributed by atoms with Crippen LogP contribution in [-0.4, -0.2) is 11.1 Å². The van der Waals surface area contributed by atoms with E-state index < -0.39 is 5.97 Å². The van der Waals surface area contributed by atoms with E-state index in [1.54, 1.807) is 19.3 Å². The minimum absolute atomic E-state index is 0.354. The van der Waals surface area contributed by atoms with Crippen molar-refractivity contribution in [3.63, 3.8) is 0 Å². The highest BCUT2D eigenvalue weighted by molar-refractivity contribution is 5.66. The van der Waals surface area contributed by atoms with E-state index in [4.69, 9.17) is 5.11 Å². The maximum atomic E-state index is 10.4. The Hall–Kier alpha value is -0.530. The van der Waals surface area contributed by atoms with Gasteiger partial charge >= 0.3 is 5.97 Å². The predicted octanol–water partition coefficient (Wildman–Crippen LogP) is 5.90. The number of aliphatic carboxylic acids is 1. The van der Waals surface area contributed by atoms with Crippen LogP contribution >= 0.6 is 0 Å². The van der Waals surface area contributed by atoms with Gasteiger partial charge in [0.2, 0.25) is 0 Å². The summed E-state index contributed by atoms with van der Waals surface area (Å²) in [7, 11) is 0. The molecule has 3 saturated carbocycles. The van der Waals surface area contributed by atoms with E-state index in [0.717, 1.165) is 48.3 Å². The van der Waals surface area contributed by atoms with Crippen LogP contribution in [-0.2, 0) is 4.79 Å². The molecule has 0 aromatic carbocycles.